The molecule has 0 aliphatic heterocycles. The minimum Gasteiger partial charge on any atom is -0.171 e. The van der Waals surface area contributed by atoms with Gasteiger partial charge < -0.3 is 0 Å². The molecule has 2 rings (SSSR count). The summed E-state index contributed by atoms with van der Waals surface area (Å²) in [5, 5.41) is 2.04. The van der Waals surface area contributed by atoms with E-state index < -0.39 is 0 Å². The van der Waals surface area contributed by atoms with Gasteiger partial charge in [0.25, 0.3) is 0 Å². The first-order valence-electron chi connectivity index (χ1n) is 6.51. The zero-order valence-electron chi connectivity index (χ0n) is 9.54. The summed E-state index contributed by atoms with van der Waals surface area (Å²) in [6.45, 7) is 0. The maximum Gasteiger partial charge on any atom is 0.201 e. The van der Waals surface area contributed by atoms with Crippen molar-refractivity contribution in [3.8, 4) is 0 Å². The normalized spacial score (nSPS) is 25.6. The van der Waals surface area contributed by atoms with Gasteiger partial charge in [0.2, 0.25) is 7.82 Å². The van der Waals surface area contributed by atoms with Crippen molar-refractivity contribution >= 4 is 30.2 Å². The second kappa shape index (κ2) is 7.28. The summed E-state index contributed by atoms with van der Waals surface area (Å²) >= 11 is 4.56. The van der Waals surface area contributed by atoms with Gasteiger partial charge >= 0.3 is 0 Å². The maximum absolute atomic E-state index is 2.28. The van der Waals surface area contributed by atoms with E-state index in [1.165, 1.54) is 64.2 Å². The van der Waals surface area contributed by atoms with Crippen molar-refractivity contribution < 1.29 is 0 Å². The topological polar surface area (TPSA) is 0 Å². The van der Waals surface area contributed by atoms with E-state index in [0.717, 1.165) is 18.3 Å². The molecule has 0 amide bonds. The van der Waals surface area contributed by atoms with Crippen LogP contribution in [0.4, 0.5) is 0 Å². The van der Waals surface area contributed by atoms with Crippen molar-refractivity contribution in [1.29, 1.82) is 0 Å². The van der Waals surface area contributed by atoms with Crippen LogP contribution in [0.3, 0.4) is 0 Å². The van der Waals surface area contributed by atoms with Crippen LogP contribution in [0.15, 0.2) is 0 Å². The van der Waals surface area contributed by atoms with E-state index in [4.69, 9.17) is 0 Å². The average molecular weight is 259 g/mol. The lowest BCUT2D eigenvalue weighted by Crippen LogP contribution is -2.12. The van der Waals surface area contributed by atoms with Gasteiger partial charge in [-0.1, -0.05) is 38.5 Å². The highest BCUT2D eigenvalue weighted by Crippen LogP contribution is 2.33. The van der Waals surface area contributed by atoms with Crippen LogP contribution in [0.2, 0.25) is 0 Å². The fourth-order valence-corrected chi connectivity index (χ4v) is 9.34. The monoisotopic (exact) mass is 258 g/mol. The molecule has 0 aromatic carbocycles. The Morgan fingerprint density at radius 1 is 0.600 bits per heavy atom. The third-order valence-electron chi connectivity index (χ3n) is 3.53. The summed E-state index contributed by atoms with van der Waals surface area (Å²) in [5.74, 6) is 0. The first-order chi connectivity index (χ1) is 7.45. The Kier molecular flexibility index (Phi) is 6.01. The Morgan fingerprint density at radius 2 is 1.00 bits per heavy atom. The van der Waals surface area contributed by atoms with E-state index in [2.05, 4.69) is 22.4 Å². The van der Waals surface area contributed by atoms with E-state index >= 15 is 0 Å². The number of rotatable bonds is 4. The van der Waals surface area contributed by atoms with E-state index in [9.17, 15) is 0 Å². The van der Waals surface area contributed by atoms with Crippen LogP contribution in [0.25, 0.3) is 0 Å². The molecule has 86 valence electrons. The SMILES string of the molecule is C1CCC(S[Si]SC2CCCCC2)CC1. The summed E-state index contributed by atoms with van der Waals surface area (Å²) in [7, 11) is 1.13. The second-order valence-corrected chi connectivity index (χ2v) is 10.2. The fourth-order valence-electron chi connectivity index (χ4n) is 2.53. The molecule has 2 aliphatic rings. The predicted molar refractivity (Wildman–Crippen MR) is 74.7 cm³/mol. The highest BCUT2D eigenvalue weighted by atomic mass is 32.6. The quantitative estimate of drug-likeness (QED) is 0.673. The van der Waals surface area contributed by atoms with Gasteiger partial charge in [-0.2, -0.15) is 22.4 Å². The van der Waals surface area contributed by atoms with E-state index in [1.807, 2.05) is 0 Å². The molecule has 0 aromatic heterocycles. The molecular formula is C12H22S2Si. The lowest BCUT2D eigenvalue weighted by Gasteiger charge is -2.23. The molecule has 15 heavy (non-hydrogen) atoms. The second-order valence-electron chi connectivity index (χ2n) is 4.84. The molecule has 3 heteroatoms. The van der Waals surface area contributed by atoms with Crippen molar-refractivity contribution in [3.63, 3.8) is 0 Å². The van der Waals surface area contributed by atoms with E-state index in [1.54, 1.807) is 0 Å². The van der Waals surface area contributed by atoms with Gasteiger partial charge in [-0.05, 0) is 36.2 Å². The van der Waals surface area contributed by atoms with Crippen LogP contribution in [-0.2, 0) is 0 Å². The summed E-state index contributed by atoms with van der Waals surface area (Å²) in [6, 6.07) is 0. The largest absolute Gasteiger partial charge is 0.201 e. The van der Waals surface area contributed by atoms with E-state index in [-0.39, 0.29) is 0 Å². The molecule has 0 spiro atoms. The summed E-state index contributed by atoms with van der Waals surface area (Å²) in [6.07, 6.45) is 15.0. The average Bonchev–Trinajstić information content (AvgIpc) is 2.32. The van der Waals surface area contributed by atoms with Crippen LogP contribution >= 0.6 is 22.4 Å². The number of hydrogen-bond donors (Lipinski definition) is 0. The lowest BCUT2D eigenvalue weighted by molar-refractivity contribution is 0.517. The molecular weight excluding hydrogens is 236 g/mol. The Hall–Kier alpha value is 0.917. The number of hydrogen-bond acceptors (Lipinski definition) is 2. The zero-order valence-corrected chi connectivity index (χ0v) is 12.2. The predicted octanol–water partition coefficient (Wildman–Crippen LogP) is 4.65. The standard InChI is InChI=1S/C12H22S2Si/c1-3-7-11(8-4-1)13-15-14-12-9-5-2-6-10-12/h11-12H,1-10H2. The van der Waals surface area contributed by atoms with Gasteiger partial charge in [-0.15, -0.1) is 0 Å². The molecule has 0 N–H and O–H groups in total. The third kappa shape index (κ3) is 4.74. The fraction of sp³-hybridized carbons (Fsp3) is 1.00. The highest BCUT2D eigenvalue weighted by molar-refractivity contribution is 8.50. The zero-order chi connectivity index (χ0) is 10.3. The van der Waals surface area contributed by atoms with Gasteiger partial charge in [-0.25, -0.2) is 0 Å². The van der Waals surface area contributed by atoms with Crippen molar-refractivity contribution in [2.45, 2.75) is 74.7 Å². The Balaban J connectivity index is 1.53. The maximum atomic E-state index is 2.28. The van der Waals surface area contributed by atoms with E-state index in [0.29, 0.717) is 0 Å². The summed E-state index contributed by atoms with van der Waals surface area (Å²) in [4.78, 5) is 0. The molecule has 0 saturated heterocycles. The van der Waals surface area contributed by atoms with Crippen molar-refractivity contribution in [3.05, 3.63) is 0 Å². The first kappa shape index (κ1) is 12.4. The first-order valence-corrected chi connectivity index (χ1v) is 10.7. The van der Waals surface area contributed by atoms with Crippen molar-refractivity contribution in [2.24, 2.45) is 0 Å². The minimum atomic E-state index is 1.02. The van der Waals surface area contributed by atoms with Gasteiger partial charge in [0, 0.05) is 0 Å². The molecule has 0 bridgehead atoms. The molecule has 2 aliphatic carbocycles. The molecule has 0 unspecified atom stereocenters. The highest BCUT2D eigenvalue weighted by Gasteiger charge is 2.17. The third-order valence-corrected chi connectivity index (χ3v) is 9.65. The molecule has 2 radical (unpaired) electrons. The molecule has 2 fully saturated rings. The summed E-state index contributed by atoms with van der Waals surface area (Å²) in [5.41, 5.74) is 0. The Morgan fingerprint density at radius 3 is 1.40 bits per heavy atom. The van der Waals surface area contributed by atoms with Crippen LogP contribution in [0.5, 0.6) is 0 Å². The Bertz CT molecular complexity index is 145. The molecule has 0 aromatic rings. The minimum absolute atomic E-state index is 1.02. The van der Waals surface area contributed by atoms with Crippen LogP contribution < -0.4 is 0 Å². The van der Waals surface area contributed by atoms with Crippen molar-refractivity contribution in [1.82, 2.24) is 0 Å². The Labute approximate surface area is 105 Å². The van der Waals surface area contributed by atoms with Gasteiger partial charge in [0.15, 0.2) is 0 Å². The molecule has 2 saturated carbocycles. The van der Waals surface area contributed by atoms with Gasteiger partial charge in [-0.3, -0.25) is 0 Å². The smallest absolute Gasteiger partial charge is 0.171 e. The van der Waals surface area contributed by atoms with Crippen LogP contribution in [0, 0.1) is 0 Å². The van der Waals surface area contributed by atoms with Crippen LogP contribution in [-0.4, -0.2) is 18.3 Å². The van der Waals surface area contributed by atoms with Crippen molar-refractivity contribution in [2.75, 3.05) is 0 Å². The molecule has 0 heterocycles. The van der Waals surface area contributed by atoms with Crippen LogP contribution in [0.1, 0.15) is 64.2 Å². The van der Waals surface area contributed by atoms with Gasteiger partial charge in [0.1, 0.15) is 0 Å². The molecule has 0 atom stereocenters. The molecule has 0 nitrogen and oxygen atoms in total. The summed E-state index contributed by atoms with van der Waals surface area (Å²) < 4.78 is 0. The lowest BCUT2D eigenvalue weighted by atomic mass is 10.0. The van der Waals surface area contributed by atoms with Gasteiger partial charge in [0.05, 0.1) is 0 Å².